The lowest BCUT2D eigenvalue weighted by Crippen LogP contribution is -2.11. The minimum atomic E-state index is 0.743. The van der Waals surface area contributed by atoms with Crippen molar-refractivity contribution in [2.75, 3.05) is 27.3 Å². The summed E-state index contributed by atoms with van der Waals surface area (Å²) in [5, 5.41) is 3.40. The third-order valence-electron chi connectivity index (χ3n) is 3.50. The minimum Gasteiger partial charge on any atom is -0.496 e. The maximum atomic E-state index is 5.40. The Labute approximate surface area is 103 Å². The summed E-state index contributed by atoms with van der Waals surface area (Å²) >= 11 is 0. The Balaban J connectivity index is 2.21. The van der Waals surface area contributed by atoms with Gasteiger partial charge in [-0.15, -0.1) is 0 Å². The number of ether oxygens (including phenoxy) is 2. The molecule has 0 spiro atoms. The van der Waals surface area contributed by atoms with E-state index in [1.807, 2.05) is 6.92 Å². The Bertz CT molecular complexity index is 359. The fraction of sp³-hybridized carbons (Fsp3) is 0.571. The van der Waals surface area contributed by atoms with Crippen molar-refractivity contribution in [2.45, 2.75) is 19.8 Å². The first kappa shape index (κ1) is 12.2. The third-order valence-corrected chi connectivity index (χ3v) is 3.50. The van der Waals surface area contributed by atoms with Crippen LogP contribution in [0.3, 0.4) is 0 Å². The van der Waals surface area contributed by atoms with Crippen molar-refractivity contribution in [1.29, 1.82) is 0 Å². The van der Waals surface area contributed by atoms with Crippen molar-refractivity contribution < 1.29 is 9.47 Å². The van der Waals surface area contributed by atoms with Gasteiger partial charge in [0.15, 0.2) is 0 Å². The normalized spacial score (nSPS) is 19.4. The lowest BCUT2D eigenvalue weighted by Gasteiger charge is -2.14. The minimum absolute atomic E-state index is 0.743. The molecule has 1 unspecified atom stereocenters. The Morgan fingerprint density at radius 2 is 1.88 bits per heavy atom. The highest BCUT2D eigenvalue weighted by atomic mass is 16.5. The van der Waals surface area contributed by atoms with Crippen LogP contribution in [0, 0.1) is 12.8 Å². The fourth-order valence-electron chi connectivity index (χ4n) is 2.48. The molecule has 3 heteroatoms. The molecule has 1 aromatic carbocycles. The quantitative estimate of drug-likeness (QED) is 0.867. The molecular weight excluding hydrogens is 214 g/mol. The summed E-state index contributed by atoms with van der Waals surface area (Å²) < 4.78 is 10.8. The summed E-state index contributed by atoms with van der Waals surface area (Å²) in [4.78, 5) is 0. The second kappa shape index (κ2) is 5.41. The van der Waals surface area contributed by atoms with Crippen LogP contribution in [0.2, 0.25) is 0 Å². The van der Waals surface area contributed by atoms with Crippen LogP contribution in [0.15, 0.2) is 12.1 Å². The van der Waals surface area contributed by atoms with Crippen LogP contribution in [0.4, 0.5) is 0 Å². The van der Waals surface area contributed by atoms with Crippen molar-refractivity contribution in [3.8, 4) is 11.5 Å². The van der Waals surface area contributed by atoms with Crippen LogP contribution >= 0.6 is 0 Å². The van der Waals surface area contributed by atoms with E-state index in [4.69, 9.17) is 9.47 Å². The van der Waals surface area contributed by atoms with Crippen LogP contribution in [0.1, 0.15) is 17.5 Å². The summed E-state index contributed by atoms with van der Waals surface area (Å²) in [7, 11) is 3.42. The zero-order valence-corrected chi connectivity index (χ0v) is 10.9. The molecule has 2 rings (SSSR count). The van der Waals surface area contributed by atoms with Gasteiger partial charge in [-0.05, 0) is 56.5 Å². The summed E-state index contributed by atoms with van der Waals surface area (Å²) in [6.07, 6.45) is 2.36. The van der Waals surface area contributed by atoms with Crippen molar-refractivity contribution in [2.24, 2.45) is 5.92 Å². The van der Waals surface area contributed by atoms with Crippen LogP contribution < -0.4 is 14.8 Å². The Morgan fingerprint density at radius 3 is 2.35 bits per heavy atom. The highest BCUT2D eigenvalue weighted by Crippen LogP contribution is 2.31. The number of hydrogen-bond donors (Lipinski definition) is 1. The lowest BCUT2D eigenvalue weighted by molar-refractivity contribution is 0.387. The monoisotopic (exact) mass is 235 g/mol. The molecule has 1 aromatic rings. The second-order valence-corrected chi connectivity index (χ2v) is 4.69. The van der Waals surface area contributed by atoms with Gasteiger partial charge in [0.1, 0.15) is 11.5 Å². The number of rotatable bonds is 4. The van der Waals surface area contributed by atoms with Crippen molar-refractivity contribution in [3.63, 3.8) is 0 Å². The molecular formula is C14H21NO2. The van der Waals surface area contributed by atoms with E-state index in [1.54, 1.807) is 14.2 Å². The summed E-state index contributed by atoms with van der Waals surface area (Å²) in [5.41, 5.74) is 2.38. The molecule has 94 valence electrons. The molecule has 0 amide bonds. The SMILES string of the molecule is COc1cc(CC2CCNC2)cc(OC)c1C. The van der Waals surface area contributed by atoms with Gasteiger partial charge in [0, 0.05) is 5.56 Å². The van der Waals surface area contributed by atoms with Gasteiger partial charge in [-0.3, -0.25) is 0 Å². The largest absolute Gasteiger partial charge is 0.496 e. The molecule has 1 aliphatic rings. The van der Waals surface area contributed by atoms with Gasteiger partial charge in [0.2, 0.25) is 0 Å². The van der Waals surface area contributed by atoms with E-state index in [0.29, 0.717) is 0 Å². The lowest BCUT2D eigenvalue weighted by atomic mass is 9.97. The molecule has 3 nitrogen and oxygen atoms in total. The molecule has 1 atom stereocenters. The first-order valence-electron chi connectivity index (χ1n) is 6.16. The first-order valence-corrected chi connectivity index (χ1v) is 6.16. The number of methoxy groups -OCH3 is 2. The molecule has 1 N–H and O–H groups in total. The molecule has 1 aliphatic heterocycles. The van der Waals surface area contributed by atoms with Gasteiger partial charge < -0.3 is 14.8 Å². The highest BCUT2D eigenvalue weighted by Gasteiger charge is 2.16. The predicted octanol–water partition coefficient (Wildman–Crippen LogP) is 2.16. The average molecular weight is 235 g/mol. The average Bonchev–Trinajstić information content (AvgIpc) is 2.84. The van der Waals surface area contributed by atoms with Gasteiger partial charge in [-0.1, -0.05) is 0 Å². The summed E-state index contributed by atoms with van der Waals surface area (Å²) in [6, 6.07) is 4.27. The Kier molecular flexibility index (Phi) is 3.89. The molecule has 1 fully saturated rings. The number of benzene rings is 1. The smallest absolute Gasteiger partial charge is 0.125 e. The van der Waals surface area contributed by atoms with Crippen LogP contribution in [0.25, 0.3) is 0 Å². The van der Waals surface area contributed by atoms with Crippen LogP contribution in [0.5, 0.6) is 11.5 Å². The highest BCUT2D eigenvalue weighted by molar-refractivity contribution is 5.47. The summed E-state index contributed by atoms with van der Waals surface area (Å²) in [6.45, 7) is 4.29. The third kappa shape index (κ3) is 2.72. The molecule has 1 saturated heterocycles. The molecule has 0 radical (unpaired) electrons. The maximum Gasteiger partial charge on any atom is 0.125 e. The van der Waals surface area contributed by atoms with Gasteiger partial charge in [-0.25, -0.2) is 0 Å². The topological polar surface area (TPSA) is 30.5 Å². The summed E-state index contributed by atoms with van der Waals surface area (Å²) in [5.74, 6) is 2.59. The van der Waals surface area contributed by atoms with E-state index in [0.717, 1.165) is 42.5 Å². The molecule has 0 aromatic heterocycles. The number of nitrogens with one attached hydrogen (secondary N) is 1. The van der Waals surface area contributed by atoms with Crippen LogP contribution in [-0.4, -0.2) is 27.3 Å². The van der Waals surface area contributed by atoms with E-state index in [-0.39, 0.29) is 0 Å². The molecule has 0 bridgehead atoms. The fourth-order valence-corrected chi connectivity index (χ4v) is 2.48. The van der Waals surface area contributed by atoms with E-state index < -0.39 is 0 Å². The van der Waals surface area contributed by atoms with Crippen molar-refractivity contribution >= 4 is 0 Å². The van der Waals surface area contributed by atoms with E-state index in [1.165, 1.54) is 12.0 Å². The molecule has 1 heterocycles. The van der Waals surface area contributed by atoms with Gasteiger partial charge in [0.25, 0.3) is 0 Å². The molecule has 0 saturated carbocycles. The van der Waals surface area contributed by atoms with Gasteiger partial charge in [0.05, 0.1) is 14.2 Å². The maximum absolute atomic E-state index is 5.40. The Hall–Kier alpha value is -1.22. The first-order chi connectivity index (χ1) is 8.24. The van der Waals surface area contributed by atoms with Gasteiger partial charge >= 0.3 is 0 Å². The Morgan fingerprint density at radius 1 is 1.24 bits per heavy atom. The van der Waals surface area contributed by atoms with E-state index in [2.05, 4.69) is 17.4 Å². The van der Waals surface area contributed by atoms with Gasteiger partial charge in [-0.2, -0.15) is 0 Å². The van der Waals surface area contributed by atoms with E-state index in [9.17, 15) is 0 Å². The number of hydrogen-bond acceptors (Lipinski definition) is 3. The second-order valence-electron chi connectivity index (χ2n) is 4.69. The zero-order chi connectivity index (χ0) is 12.3. The standard InChI is InChI=1S/C14H21NO2/c1-10-13(16-2)7-12(8-14(10)17-3)6-11-4-5-15-9-11/h7-8,11,15H,4-6,9H2,1-3H3. The molecule has 17 heavy (non-hydrogen) atoms. The van der Waals surface area contributed by atoms with Crippen molar-refractivity contribution in [3.05, 3.63) is 23.3 Å². The van der Waals surface area contributed by atoms with Crippen LogP contribution in [-0.2, 0) is 6.42 Å². The van der Waals surface area contributed by atoms with E-state index >= 15 is 0 Å². The zero-order valence-electron chi connectivity index (χ0n) is 10.9. The van der Waals surface area contributed by atoms with Crippen molar-refractivity contribution in [1.82, 2.24) is 5.32 Å². The predicted molar refractivity (Wildman–Crippen MR) is 69.0 cm³/mol. The molecule has 0 aliphatic carbocycles.